The quantitative estimate of drug-likeness (QED) is 0.475. The summed E-state index contributed by atoms with van der Waals surface area (Å²) in [5, 5.41) is 13.7. The average Bonchev–Trinajstić information content (AvgIpc) is 3.15. The Labute approximate surface area is 210 Å². The SMILES string of the molecule is CC(C)Oc1ncc(-c2nc(-c3ccc(OC4CC(C(=O)O)C4)cc3Cl)no2)cc1Cl.[Mg+2]. The van der Waals surface area contributed by atoms with Gasteiger partial charge in [-0.2, -0.15) is 4.98 Å². The van der Waals surface area contributed by atoms with Gasteiger partial charge in [-0.1, -0.05) is 28.4 Å². The second-order valence-electron chi connectivity index (χ2n) is 7.49. The van der Waals surface area contributed by atoms with Gasteiger partial charge in [0.05, 0.1) is 22.6 Å². The molecule has 8 nitrogen and oxygen atoms in total. The summed E-state index contributed by atoms with van der Waals surface area (Å²) in [6.07, 6.45) is 2.34. The molecule has 11 heteroatoms. The predicted octanol–water partition coefficient (Wildman–Crippen LogP) is 4.75. The largest absolute Gasteiger partial charge is 2.00 e. The number of hydrogen-bond acceptors (Lipinski definition) is 7. The minimum Gasteiger partial charge on any atom is -0.490 e. The third kappa shape index (κ3) is 5.45. The number of nitrogens with zero attached hydrogens (tertiary/aromatic N) is 3. The Bertz CT molecular complexity index is 1120. The number of aromatic nitrogens is 3. The molecule has 1 saturated carbocycles. The number of carbonyl (C=O) groups is 1. The van der Waals surface area contributed by atoms with E-state index in [2.05, 4.69) is 15.1 Å². The molecule has 0 atom stereocenters. The molecule has 0 amide bonds. The van der Waals surface area contributed by atoms with E-state index in [-0.39, 0.29) is 47.1 Å². The van der Waals surface area contributed by atoms with Crippen molar-refractivity contribution in [3.63, 3.8) is 0 Å². The van der Waals surface area contributed by atoms with Crippen LogP contribution in [0.15, 0.2) is 35.0 Å². The molecule has 0 saturated heterocycles. The molecule has 0 bridgehead atoms. The number of pyridine rings is 1. The summed E-state index contributed by atoms with van der Waals surface area (Å²) in [4.78, 5) is 19.5. The Morgan fingerprint density at radius 3 is 2.59 bits per heavy atom. The standard InChI is InChI=1S/C21H19Cl2N3O5.Mg/c1-10(2)29-20-17(23)7-12(9-24-20)19-25-18(26-31-19)15-4-3-13(8-16(15)22)30-14-5-11(6-14)21(27)28;/h3-4,7-11,14H,5-6H2,1-2H3,(H,27,28);/q;+2. The number of benzene rings is 1. The second-order valence-corrected chi connectivity index (χ2v) is 8.30. The number of rotatable bonds is 7. The first-order valence-electron chi connectivity index (χ1n) is 9.66. The molecule has 4 rings (SSSR count). The summed E-state index contributed by atoms with van der Waals surface area (Å²) in [6, 6.07) is 6.76. The Morgan fingerprint density at radius 2 is 1.97 bits per heavy atom. The first-order chi connectivity index (χ1) is 14.8. The van der Waals surface area contributed by atoms with Crippen molar-refractivity contribution in [1.82, 2.24) is 15.1 Å². The van der Waals surface area contributed by atoms with Gasteiger partial charge >= 0.3 is 29.0 Å². The number of aliphatic carboxylic acids is 1. The Hall–Kier alpha value is -2.07. The molecule has 1 aliphatic rings. The molecule has 3 aromatic rings. The molecule has 0 unspecified atom stereocenters. The summed E-state index contributed by atoms with van der Waals surface area (Å²) in [5.41, 5.74) is 1.12. The molecular weight excluding hydrogens is 469 g/mol. The van der Waals surface area contributed by atoms with Gasteiger partial charge in [-0.25, -0.2) is 4.98 Å². The fourth-order valence-corrected chi connectivity index (χ4v) is 3.57. The number of carboxylic acid groups (broad SMARTS) is 1. The molecule has 0 spiro atoms. The van der Waals surface area contributed by atoms with E-state index in [1.54, 1.807) is 30.5 Å². The first kappa shape index (κ1) is 24.6. The van der Waals surface area contributed by atoms with E-state index in [1.807, 2.05) is 13.8 Å². The van der Waals surface area contributed by atoms with Crippen LogP contribution in [0.4, 0.5) is 0 Å². The summed E-state index contributed by atoms with van der Waals surface area (Å²) in [5.74, 6) is 0.306. The van der Waals surface area contributed by atoms with Gasteiger partial charge in [0.2, 0.25) is 11.7 Å². The zero-order chi connectivity index (χ0) is 22.1. The second kappa shape index (κ2) is 10.2. The van der Waals surface area contributed by atoms with E-state index < -0.39 is 5.97 Å². The molecule has 162 valence electrons. The average molecular weight is 489 g/mol. The summed E-state index contributed by atoms with van der Waals surface area (Å²) < 4.78 is 16.7. The number of hydrogen-bond donors (Lipinski definition) is 1. The monoisotopic (exact) mass is 487 g/mol. The summed E-state index contributed by atoms with van der Waals surface area (Å²) in [6.45, 7) is 3.77. The van der Waals surface area contributed by atoms with Gasteiger partial charge in [-0.15, -0.1) is 0 Å². The van der Waals surface area contributed by atoms with Gasteiger partial charge in [-0.05, 0) is 51.0 Å². The van der Waals surface area contributed by atoms with Crippen LogP contribution in [0.1, 0.15) is 26.7 Å². The smallest absolute Gasteiger partial charge is 0.490 e. The van der Waals surface area contributed by atoms with E-state index >= 15 is 0 Å². The molecule has 32 heavy (non-hydrogen) atoms. The first-order valence-corrected chi connectivity index (χ1v) is 10.4. The van der Waals surface area contributed by atoms with Crippen LogP contribution in [-0.2, 0) is 4.79 Å². The zero-order valence-corrected chi connectivity index (χ0v) is 20.3. The molecule has 0 aliphatic heterocycles. The van der Waals surface area contributed by atoms with Crippen molar-refractivity contribution in [2.75, 3.05) is 0 Å². The maximum absolute atomic E-state index is 10.9. The molecule has 1 fully saturated rings. The van der Waals surface area contributed by atoms with Crippen LogP contribution in [0.25, 0.3) is 22.8 Å². The van der Waals surface area contributed by atoms with E-state index in [9.17, 15) is 4.79 Å². The van der Waals surface area contributed by atoms with Crippen molar-refractivity contribution in [1.29, 1.82) is 0 Å². The van der Waals surface area contributed by atoms with Crippen LogP contribution in [0.5, 0.6) is 11.6 Å². The van der Waals surface area contributed by atoms with E-state index in [1.165, 1.54) is 0 Å². The van der Waals surface area contributed by atoms with Gasteiger partial charge in [0.25, 0.3) is 5.89 Å². The van der Waals surface area contributed by atoms with Crippen LogP contribution < -0.4 is 9.47 Å². The molecule has 2 aromatic heterocycles. The number of ether oxygens (including phenoxy) is 2. The molecule has 1 aliphatic carbocycles. The summed E-state index contributed by atoms with van der Waals surface area (Å²) >= 11 is 12.6. The van der Waals surface area contributed by atoms with Crippen molar-refractivity contribution < 1.29 is 23.9 Å². The van der Waals surface area contributed by atoms with Gasteiger partial charge < -0.3 is 19.1 Å². The Balaban J connectivity index is 0.00000289. The van der Waals surface area contributed by atoms with Gasteiger partial charge in [0.15, 0.2) is 0 Å². The van der Waals surface area contributed by atoms with E-state index in [0.29, 0.717) is 51.5 Å². The van der Waals surface area contributed by atoms with Crippen molar-refractivity contribution in [2.45, 2.75) is 38.9 Å². The van der Waals surface area contributed by atoms with Crippen molar-refractivity contribution in [3.8, 4) is 34.5 Å². The molecule has 2 heterocycles. The third-order valence-corrected chi connectivity index (χ3v) is 5.34. The topological polar surface area (TPSA) is 108 Å². The fourth-order valence-electron chi connectivity index (χ4n) is 3.11. The normalized spacial score (nSPS) is 17.4. The van der Waals surface area contributed by atoms with E-state index in [4.69, 9.17) is 42.3 Å². The van der Waals surface area contributed by atoms with Crippen LogP contribution in [0.3, 0.4) is 0 Å². The predicted molar refractivity (Wildman–Crippen MR) is 119 cm³/mol. The minimum absolute atomic E-state index is 0. The minimum atomic E-state index is -0.792. The number of carboxylic acids is 1. The maximum atomic E-state index is 10.9. The number of halogens is 2. The Kier molecular flexibility index (Phi) is 7.86. The van der Waals surface area contributed by atoms with Crippen molar-refractivity contribution in [3.05, 3.63) is 40.5 Å². The third-order valence-electron chi connectivity index (χ3n) is 4.76. The van der Waals surface area contributed by atoms with Crippen molar-refractivity contribution in [2.24, 2.45) is 5.92 Å². The van der Waals surface area contributed by atoms with Gasteiger partial charge in [0, 0.05) is 11.8 Å². The molecule has 1 aromatic carbocycles. The molecule has 0 radical (unpaired) electrons. The maximum Gasteiger partial charge on any atom is 2.00 e. The van der Waals surface area contributed by atoms with Crippen LogP contribution in [0, 0.1) is 5.92 Å². The van der Waals surface area contributed by atoms with Crippen molar-refractivity contribution >= 4 is 52.2 Å². The molecule has 1 N–H and O–H groups in total. The summed E-state index contributed by atoms with van der Waals surface area (Å²) in [7, 11) is 0. The molecular formula is C21H19Cl2MgN3O5+2. The van der Waals surface area contributed by atoms with Crippen LogP contribution in [-0.4, -0.2) is 61.5 Å². The van der Waals surface area contributed by atoms with E-state index in [0.717, 1.165) is 0 Å². The van der Waals surface area contributed by atoms with Gasteiger partial charge in [0.1, 0.15) is 16.9 Å². The van der Waals surface area contributed by atoms with Crippen LogP contribution in [0.2, 0.25) is 10.0 Å². The van der Waals surface area contributed by atoms with Gasteiger partial charge in [-0.3, -0.25) is 4.79 Å². The zero-order valence-electron chi connectivity index (χ0n) is 17.4. The van der Waals surface area contributed by atoms with Crippen LogP contribution >= 0.6 is 23.2 Å². The fraction of sp³-hybridized carbons (Fsp3) is 0.333. The Morgan fingerprint density at radius 1 is 1.22 bits per heavy atom.